The van der Waals surface area contributed by atoms with Crippen LogP contribution in [0.2, 0.25) is 0 Å². The van der Waals surface area contributed by atoms with E-state index in [9.17, 15) is 9.18 Å². The van der Waals surface area contributed by atoms with Gasteiger partial charge in [-0.1, -0.05) is 18.2 Å². The average molecular weight is 344 g/mol. The second kappa shape index (κ2) is 8.09. The smallest absolute Gasteiger partial charge is 0.262 e. The number of hydrogen-bond donors (Lipinski definition) is 1. The van der Waals surface area contributed by atoms with E-state index in [2.05, 4.69) is 17.3 Å². The van der Waals surface area contributed by atoms with Crippen LogP contribution in [0.5, 0.6) is 5.75 Å². The van der Waals surface area contributed by atoms with Gasteiger partial charge in [-0.3, -0.25) is 4.79 Å². The summed E-state index contributed by atoms with van der Waals surface area (Å²) in [4.78, 5) is 14.2. The number of carbonyl (C=O) groups excluding carboxylic acids is 1. The molecule has 1 heterocycles. The van der Waals surface area contributed by atoms with Crippen molar-refractivity contribution in [2.45, 2.75) is 6.10 Å². The van der Waals surface area contributed by atoms with Crippen molar-refractivity contribution in [1.82, 2.24) is 4.90 Å². The van der Waals surface area contributed by atoms with E-state index in [1.54, 1.807) is 6.07 Å². The van der Waals surface area contributed by atoms with Crippen LogP contribution in [0.4, 0.5) is 10.1 Å². The van der Waals surface area contributed by atoms with E-state index in [1.807, 2.05) is 24.3 Å². The summed E-state index contributed by atoms with van der Waals surface area (Å²) in [5, 5.41) is 2.76. The van der Waals surface area contributed by atoms with Crippen LogP contribution in [-0.2, 0) is 9.53 Å². The van der Waals surface area contributed by atoms with Gasteiger partial charge in [0.25, 0.3) is 5.91 Å². The van der Waals surface area contributed by atoms with Crippen LogP contribution in [0.1, 0.15) is 11.7 Å². The summed E-state index contributed by atoms with van der Waals surface area (Å²) in [6, 6.07) is 13.3. The van der Waals surface area contributed by atoms with Gasteiger partial charge >= 0.3 is 0 Å². The normalized spacial score (nSPS) is 17.9. The average Bonchev–Trinajstić information content (AvgIpc) is 2.61. The zero-order valence-electron chi connectivity index (χ0n) is 14.1. The first-order valence-electron chi connectivity index (χ1n) is 8.18. The molecule has 1 saturated heterocycles. The number of benzene rings is 2. The fourth-order valence-corrected chi connectivity index (χ4v) is 2.66. The lowest BCUT2D eigenvalue weighted by Crippen LogP contribution is -2.35. The van der Waals surface area contributed by atoms with Gasteiger partial charge in [-0.15, -0.1) is 0 Å². The molecule has 1 N–H and O–H groups in total. The Morgan fingerprint density at radius 3 is 2.84 bits per heavy atom. The van der Waals surface area contributed by atoms with Gasteiger partial charge in [0.05, 0.1) is 12.7 Å². The lowest BCUT2D eigenvalue weighted by atomic mass is 10.1. The summed E-state index contributed by atoms with van der Waals surface area (Å²) < 4.78 is 24.1. The number of nitrogens with one attached hydrogen (secondary N) is 1. The highest BCUT2D eigenvalue weighted by Crippen LogP contribution is 2.23. The van der Waals surface area contributed by atoms with Crippen molar-refractivity contribution in [3.05, 3.63) is 59.9 Å². The van der Waals surface area contributed by atoms with Gasteiger partial charge in [0.1, 0.15) is 11.6 Å². The van der Waals surface area contributed by atoms with E-state index in [0.717, 1.165) is 25.3 Å². The fraction of sp³-hybridized carbons (Fsp3) is 0.316. The lowest BCUT2D eigenvalue weighted by Gasteiger charge is -2.30. The topological polar surface area (TPSA) is 50.8 Å². The summed E-state index contributed by atoms with van der Waals surface area (Å²) in [5.74, 6) is -0.376. The predicted octanol–water partition coefficient (Wildman–Crippen LogP) is 2.85. The van der Waals surface area contributed by atoms with Crippen LogP contribution in [0.25, 0.3) is 0 Å². The molecule has 25 heavy (non-hydrogen) atoms. The second-order valence-electron chi connectivity index (χ2n) is 6.04. The molecular weight excluding hydrogens is 323 g/mol. The maximum Gasteiger partial charge on any atom is 0.262 e. The van der Waals surface area contributed by atoms with Crippen LogP contribution in [0.3, 0.4) is 0 Å². The molecule has 5 nitrogen and oxygen atoms in total. The minimum absolute atomic E-state index is 0.0554. The molecule has 1 amide bonds. The van der Waals surface area contributed by atoms with Gasteiger partial charge in [-0.2, -0.15) is 0 Å². The Morgan fingerprint density at radius 1 is 1.32 bits per heavy atom. The van der Waals surface area contributed by atoms with Crippen LogP contribution in [0, 0.1) is 5.82 Å². The molecule has 6 heteroatoms. The molecule has 2 aromatic rings. The molecule has 132 valence electrons. The van der Waals surface area contributed by atoms with Crippen LogP contribution in [-0.4, -0.2) is 44.2 Å². The molecule has 0 bridgehead atoms. The van der Waals surface area contributed by atoms with Crippen LogP contribution < -0.4 is 10.1 Å². The molecule has 1 atom stereocenters. The Balaban J connectivity index is 1.51. The van der Waals surface area contributed by atoms with Crippen molar-refractivity contribution in [1.29, 1.82) is 0 Å². The van der Waals surface area contributed by atoms with Crippen molar-refractivity contribution >= 4 is 11.6 Å². The number of rotatable bonds is 5. The molecule has 1 aliphatic heterocycles. The van der Waals surface area contributed by atoms with E-state index >= 15 is 0 Å². The Kier molecular flexibility index (Phi) is 5.63. The number of amides is 1. The van der Waals surface area contributed by atoms with E-state index in [-0.39, 0.29) is 18.6 Å². The Hall–Kier alpha value is -2.44. The minimum atomic E-state index is -0.399. The molecule has 3 rings (SSSR count). The summed E-state index contributed by atoms with van der Waals surface area (Å²) >= 11 is 0. The molecule has 0 radical (unpaired) electrons. The summed E-state index contributed by atoms with van der Waals surface area (Å²) in [5.41, 5.74) is 1.77. The summed E-state index contributed by atoms with van der Waals surface area (Å²) in [7, 11) is 2.07. The highest BCUT2D eigenvalue weighted by molar-refractivity contribution is 5.91. The van der Waals surface area contributed by atoms with Gasteiger partial charge in [-0.25, -0.2) is 4.39 Å². The predicted molar refractivity (Wildman–Crippen MR) is 93.2 cm³/mol. The van der Waals surface area contributed by atoms with Crippen molar-refractivity contribution in [2.24, 2.45) is 0 Å². The zero-order chi connectivity index (χ0) is 17.6. The number of nitrogens with zero attached hydrogens (tertiary/aromatic N) is 1. The first kappa shape index (κ1) is 17.4. The molecule has 0 saturated carbocycles. The number of likely N-dealkylation sites (N-methyl/N-ethyl adjacent to an activating group) is 1. The Bertz CT molecular complexity index is 721. The quantitative estimate of drug-likeness (QED) is 0.906. The highest BCUT2D eigenvalue weighted by atomic mass is 19.1. The molecule has 1 aliphatic rings. The van der Waals surface area contributed by atoms with Crippen molar-refractivity contribution in [2.75, 3.05) is 38.7 Å². The van der Waals surface area contributed by atoms with Gasteiger partial charge < -0.3 is 19.7 Å². The third-order valence-electron chi connectivity index (χ3n) is 4.00. The maximum atomic E-state index is 13.1. The molecule has 0 aromatic heterocycles. The molecule has 2 aromatic carbocycles. The number of halogens is 1. The van der Waals surface area contributed by atoms with Crippen molar-refractivity contribution < 1.29 is 18.7 Å². The van der Waals surface area contributed by atoms with Gasteiger partial charge in [0.2, 0.25) is 0 Å². The lowest BCUT2D eigenvalue weighted by molar-refractivity contribution is -0.118. The van der Waals surface area contributed by atoms with Gasteiger partial charge in [0, 0.05) is 24.8 Å². The summed E-state index contributed by atoms with van der Waals surface area (Å²) in [6.07, 6.45) is 0.0554. The zero-order valence-corrected chi connectivity index (χ0v) is 14.1. The van der Waals surface area contributed by atoms with E-state index in [0.29, 0.717) is 11.4 Å². The molecule has 0 spiro atoms. The highest BCUT2D eigenvalue weighted by Gasteiger charge is 2.19. The Morgan fingerprint density at radius 2 is 2.12 bits per heavy atom. The monoisotopic (exact) mass is 344 g/mol. The first-order valence-corrected chi connectivity index (χ1v) is 8.18. The largest absolute Gasteiger partial charge is 0.484 e. The third-order valence-corrected chi connectivity index (χ3v) is 4.00. The van der Waals surface area contributed by atoms with Gasteiger partial charge in [0.15, 0.2) is 6.61 Å². The SMILES string of the molecule is CN1CCOC(c2ccc(NC(=O)COc3cccc(F)c3)cc2)C1. The third kappa shape index (κ3) is 5.01. The fourth-order valence-electron chi connectivity index (χ4n) is 2.66. The maximum absolute atomic E-state index is 13.1. The minimum Gasteiger partial charge on any atom is -0.484 e. The van der Waals surface area contributed by atoms with E-state index < -0.39 is 5.82 Å². The van der Waals surface area contributed by atoms with E-state index in [1.165, 1.54) is 18.2 Å². The molecule has 1 unspecified atom stereocenters. The number of hydrogen-bond acceptors (Lipinski definition) is 4. The second-order valence-corrected chi connectivity index (χ2v) is 6.04. The summed E-state index contributed by atoms with van der Waals surface area (Å²) in [6.45, 7) is 2.34. The number of anilines is 1. The van der Waals surface area contributed by atoms with Gasteiger partial charge in [-0.05, 0) is 36.9 Å². The number of carbonyl (C=O) groups is 1. The Labute approximate surface area is 146 Å². The molecule has 0 aliphatic carbocycles. The standard InChI is InChI=1S/C19H21FN2O3/c1-22-9-10-24-18(12-22)14-5-7-16(8-6-14)21-19(23)13-25-17-4-2-3-15(20)11-17/h2-8,11,18H,9-10,12-13H2,1H3,(H,21,23). The van der Waals surface area contributed by atoms with E-state index in [4.69, 9.17) is 9.47 Å². The number of morpholine rings is 1. The first-order chi connectivity index (χ1) is 12.1. The van der Waals surface area contributed by atoms with Crippen LogP contribution in [0.15, 0.2) is 48.5 Å². The molecule has 1 fully saturated rings. The van der Waals surface area contributed by atoms with Crippen LogP contribution >= 0.6 is 0 Å². The number of ether oxygens (including phenoxy) is 2. The molecular formula is C19H21FN2O3. The van der Waals surface area contributed by atoms with Crippen molar-refractivity contribution in [3.8, 4) is 5.75 Å². The van der Waals surface area contributed by atoms with Crippen molar-refractivity contribution in [3.63, 3.8) is 0 Å².